The molecule has 0 spiro atoms. The van der Waals surface area contributed by atoms with Gasteiger partial charge in [-0.2, -0.15) is 0 Å². The summed E-state index contributed by atoms with van der Waals surface area (Å²) in [6.07, 6.45) is 0.0923. The molecule has 0 saturated carbocycles. The van der Waals surface area contributed by atoms with E-state index in [4.69, 9.17) is 4.74 Å². The second-order valence-corrected chi connectivity index (χ2v) is 6.70. The van der Waals surface area contributed by atoms with E-state index in [0.29, 0.717) is 23.1 Å². The van der Waals surface area contributed by atoms with Gasteiger partial charge in [0.05, 0.1) is 18.7 Å². The zero-order valence-corrected chi connectivity index (χ0v) is 15.0. The molecule has 3 rings (SSSR count). The zero-order valence-electron chi connectivity index (χ0n) is 13.4. The molecule has 128 valence electrons. The summed E-state index contributed by atoms with van der Waals surface area (Å²) in [6, 6.07) is 9.68. The average Bonchev–Trinajstić information content (AvgIpc) is 3.25. The Kier molecular flexibility index (Phi) is 5.52. The normalized spacial score (nSPS) is 10.4. The largest absolute Gasteiger partial charge is 0.466 e. The summed E-state index contributed by atoms with van der Waals surface area (Å²) in [5.41, 5.74) is 1.88. The van der Waals surface area contributed by atoms with Crippen LogP contribution in [0.1, 0.15) is 23.1 Å². The van der Waals surface area contributed by atoms with Crippen molar-refractivity contribution < 1.29 is 14.3 Å². The molecule has 2 aromatic heterocycles. The molecule has 2 heterocycles. The van der Waals surface area contributed by atoms with Gasteiger partial charge in [0.1, 0.15) is 10.7 Å². The standard InChI is InChI=1S/C17H15N3O3S2/c1-2-23-14(21)8-12-9-25-17(18-12)20-15(22)13-10-24-16(19-13)11-6-4-3-5-7-11/h3-7,9-10H,2,8H2,1H3,(H,18,20,22). The minimum absolute atomic E-state index is 0.0923. The molecule has 1 amide bonds. The molecule has 6 nitrogen and oxygen atoms in total. The smallest absolute Gasteiger partial charge is 0.311 e. The number of benzene rings is 1. The summed E-state index contributed by atoms with van der Waals surface area (Å²) < 4.78 is 4.88. The van der Waals surface area contributed by atoms with Gasteiger partial charge >= 0.3 is 5.97 Å². The van der Waals surface area contributed by atoms with Crippen LogP contribution in [0, 0.1) is 0 Å². The fourth-order valence-electron chi connectivity index (χ4n) is 2.06. The van der Waals surface area contributed by atoms with E-state index in [-0.39, 0.29) is 18.3 Å². The Morgan fingerprint density at radius 2 is 1.92 bits per heavy atom. The number of nitrogens with one attached hydrogen (secondary N) is 1. The SMILES string of the molecule is CCOC(=O)Cc1csc(NC(=O)c2csc(-c3ccccc3)n2)n1. The Labute approximate surface area is 152 Å². The first-order chi connectivity index (χ1) is 12.2. The highest BCUT2D eigenvalue weighted by molar-refractivity contribution is 7.14. The van der Waals surface area contributed by atoms with E-state index >= 15 is 0 Å². The van der Waals surface area contributed by atoms with E-state index in [2.05, 4.69) is 15.3 Å². The molecule has 0 unspecified atom stereocenters. The van der Waals surface area contributed by atoms with Gasteiger partial charge in [-0.3, -0.25) is 14.9 Å². The summed E-state index contributed by atoms with van der Waals surface area (Å²) in [4.78, 5) is 32.3. The van der Waals surface area contributed by atoms with Crippen molar-refractivity contribution in [2.45, 2.75) is 13.3 Å². The number of anilines is 1. The lowest BCUT2D eigenvalue weighted by atomic mass is 10.2. The number of carbonyl (C=O) groups is 2. The predicted molar refractivity (Wildman–Crippen MR) is 98.0 cm³/mol. The van der Waals surface area contributed by atoms with Gasteiger partial charge < -0.3 is 4.74 Å². The maximum Gasteiger partial charge on any atom is 0.311 e. The van der Waals surface area contributed by atoms with Crippen molar-refractivity contribution in [1.29, 1.82) is 0 Å². The summed E-state index contributed by atoms with van der Waals surface area (Å²) in [5, 5.41) is 7.36. The van der Waals surface area contributed by atoms with E-state index in [1.54, 1.807) is 17.7 Å². The first-order valence-electron chi connectivity index (χ1n) is 7.58. The maximum atomic E-state index is 12.3. The monoisotopic (exact) mass is 373 g/mol. The molecule has 0 aliphatic carbocycles. The van der Waals surface area contributed by atoms with Gasteiger partial charge in [-0.1, -0.05) is 30.3 Å². The molecule has 0 radical (unpaired) electrons. The molecule has 1 N–H and O–H groups in total. The van der Waals surface area contributed by atoms with Crippen LogP contribution in [0.15, 0.2) is 41.1 Å². The third-order valence-corrected chi connectivity index (χ3v) is 4.86. The highest BCUT2D eigenvalue weighted by Crippen LogP contribution is 2.24. The first kappa shape index (κ1) is 17.2. The number of carbonyl (C=O) groups excluding carboxylic acids is 2. The number of hydrogen-bond donors (Lipinski definition) is 1. The Morgan fingerprint density at radius 3 is 2.68 bits per heavy atom. The van der Waals surface area contributed by atoms with Gasteiger partial charge in [0.15, 0.2) is 5.13 Å². The highest BCUT2D eigenvalue weighted by Gasteiger charge is 2.14. The van der Waals surface area contributed by atoms with Gasteiger partial charge in [-0.15, -0.1) is 22.7 Å². The first-order valence-corrected chi connectivity index (χ1v) is 9.34. The molecule has 0 bridgehead atoms. The van der Waals surface area contributed by atoms with Crippen molar-refractivity contribution in [2.75, 3.05) is 11.9 Å². The van der Waals surface area contributed by atoms with Crippen molar-refractivity contribution in [3.63, 3.8) is 0 Å². The molecule has 0 aliphatic rings. The fourth-order valence-corrected chi connectivity index (χ4v) is 3.57. The molecular weight excluding hydrogens is 358 g/mol. The van der Waals surface area contributed by atoms with Crippen molar-refractivity contribution in [1.82, 2.24) is 9.97 Å². The molecule has 25 heavy (non-hydrogen) atoms. The highest BCUT2D eigenvalue weighted by atomic mass is 32.1. The lowest BCUT2D eigenvalue weighted by Crippen LogP contribution is -2.12. The molecule has 0 atom stereocenters. The number of hydrogen-bond acceptors (Lipinski definition) is 7. The molecule has 3 aromatic rings. The lowest BCUT2D eigenvalue weighted by Gasteiger charge is -1.99. The number of esters is 1. The average molecular weight is 373 g/mol. The second kappa shape index (κ2) is 8.00. The van der Waals surface area contributed by atoms with Gasteiger partial charge in [0, 0.05) is 16.3 Å². The van der Waals surface area contributed by atoms with Crippen molar-refractivity contribution >= 4 is 39.7 Å². The van der Waals surface area contributed by atoms with E-state index in [1.165, 1.54) is 22.7 Å². The van der Waals surface area contributed by atoms with E-state index < -0.39 is 0 Å². The van der Waals surface area contributed by atoms with E-state index in [1.807, 2.05) is 30.3 Å². The molecule has 0 aliphatic heterocycles. The molecular formula is C17H15N3O3S2. The lowest BCUT2D eigenvalue weighted by molar-refractivity contribution is -0.142. The summed E-state index contributed by atoms with van der Waals surface area (Å²) in [5.74, 6) is -0.659. The number of aromatic nitrogens is 2. The third-order valence-electron chi connectivity index (χ3n) is 3.16. The molecule has 8 heteroatoms. The summed E-state index contributed by atoms with van der Waals surface area (Å²) >= 11 is 2.67. The van der Waals surface area contributed by atoms with Crippen molar-refractivity contribution in [3.05, 3.63) is 52.5 Å². The minimum Gasteiger partial charge on any atom is -0.466 e. The van der Waals surface area contributed by atoms with Crippen LogP contribution in [-0.4, -0.2) is 28.5 Å². The van der Waals surface area contributed by atoms with Crippen LogP contribution in [0.2, 0.25) is 0 Å². The van der Waals surface area contributed by atoms with Gasteiger partial charge in [0.2, 0.25) is 0 Å². The molecule has 0 fully saturated rings. The zero-order chi connectivity index (χ0) is 17.6. The number of amides is 1. The molecule has 0 saturated heterocycles. The second-order valence-electron chi connectivity index (χ2n) is 4.98. The summed E-state index contributed by atoms with van der Waals surface area (Å²) in [6.45, 7) is 2.09. The Bertz CT molecular complexity index is 874. The number of ether oxygens (including phenoxy) is 1. The van der Waals surface area contributed by atoms with Gasteiger partial charge in [0.25, 0.3) is 5.91 Å². The topological polar surface area (TPSA) is 81.2 Å². The van der Waals surface area contributed by atoms with Gasteiger partial charge in [-0.25, -0.2) is 9.97 Å². The number of thiazole rings is 2. The van der Waals surface area contributed by atoms with Crippen molar-refractivity contribution in [2.24, 2.45) is 0 Å². The van der Waals surface area contributed by atoms with Crippen LogP contribution >= 0.6 is 22.7 Å². The maximum absolute atomic E-state index is 12.3. The van der Waals surface area contributed by atoms with Crippen LogP contribution in [0.3, 0.4) is 0 Å². The Morgan fingerprint density at radius 1 is 1.12 bits per heavy atom. The van der Waals surface area contributed by atoms with E-state index in [9.17, 15) is 9.59 Å². The van der Waals surface area contributed by atoms with Crippen molar-refractivity contribution in [3.8, 4) is 10.6 Å². The summed E-state index contributed by atoms with van der Waals surface area (Å²) in [7, 11) is 0. The quantitative estimate of drug-likeness (QED) is 0.668. The Balaban J connectivity index is 1.64. The van der Waals surface area contributed by atoms with Crippen LogP contribution in [0.25, 0.3) is 10.6 Å². The molecule has 1 aromatic carbocycles. The Hall–Kier alpha value is -2.58. The van der Waals surface area contributed by atoms with Gasteiger partial charge in [-0.05, 0) is 6.92 Å². The number of rotatable bonds is 6. The number of nitrogens with zero attached hydrogens (tertiary/aromatic N) is 2. The predicted octanol–water partition coefficient (Wildman–Crippen LogP) is 3.62. The van der Waals surface area contributed by atoms with Crippen LogP contribution in [0.5, 0.6) is 0 Å². The van der Waals surface area contributed by atoms with Crippen LogP contribution in [0.4, 0.5) is 5.13 Å². The fraction of sp³-hybridized carbons (Fsp3) is 0.176. The van der Waals surface area contributed by atoms with E-state index in [0.717, 1.165) is 10.6 Å². The van der Waals surface area contributed by atoms with Crippen LogP contribution < -0.4 is 5.32 Å². The minimum atomic E-state index is -0.335. The third kappa shape index (κ3) is 4.49. The van der Waals surface area contributed by atoms with Crippen LogP contribution in [-0.2, 0) is 16.0 Å².